The van der Waals surface area contributed by atoms with Crippen molar-refractivity contribution in [1.29, 1.82) is 0 Å². The Labute approximate surface area is 164 Å². The minimum absolute atomic E-state index is 0.208. The maximum absolute atomic E-state index is 13.2. The first-order valence-corrected chi connectivity index (χ1v) is 9.69. The lowest BCUT2D eigenvalue weighted by atomic mass is 10.1. The van der Waals surface area contributed by atoms with Crippen molar-refractivity contribution in [2.75, 3.05) is 12.3 Å². The van der Waals surface area contributed by atoms with E-state index < -0.39 is 41.7 Å². The first kappa shape index (κ1) is 18.2. The van der Waals surface area contributed by atoms with Crippen molar-refractivity contribution in [2.24, 2.45) is 0 Å². The monoisotopic (exact) mass is 396 g/mol. The van der Waals surface area contributed by atoms with Gasteiger partial charge in [0.15, 0.2) is 0 Å². The molecule has 2 aromatic rings. The zero-order valence-corrected chi connectivity index (χ0v) is 15.5. The normalized spacial score (nSPS) is 21.8. The van der Waals surface area contributed by atoms with Crippen LogP contribution in [-0.2, 0) is 9.59 Å². The third kappa shape index (κ3) is 2.95. The Balaban J connectivity index is 1.66. The van der Waals surface area contributed by atoms with Crippen molar-refractivity contribution in [3.8, 4) is 0 Å². The third-order valence-corrected chi connectivity index (χ3v) is 6.14. The van der Waals surface area contributed by atoms with Crippen LogP contribution in [0.5, 0.6) is 0 Å². The van der Waals surface area contributed by atoms with E-state index in [1.54, 1.807) is 24.3 Å². The standard InChI is InChI=1S/C20H16N2O5S/c23-16(24)10-21-19(27)15(11-28-20(21)12-6-2-1-3-7-12)22-17(25)13-8-4-5-9-14(13)18(22)26/h1-9,15,20H,10-11H2,(H,23,24)/t15-,20+/m0/s1. The SMILES string of the molecule is O=C(O)CN1C(=O)[C@@H](N2C(=O)c3ccccc3C2=O)CS[C@@H]1c1ccccc1. The highest BCUT2D eigenvalue weighted by molar-refractivity contribution is 7.99. The molecule has 1 fully saturated rings. The van der Waals surface area contributed by atoms with Gasteiger partial charge in [0.2, 0.25) is 5.91 Å². The van der Waals surface area contributed by atoms with Gasteiger partial charge in [-0.3, -0.25) is 24.1 Å². The number of rotatable bonds is 4. The smallest absolute Gasteiger partial charge is 0.323 e. The number of fused-ring (bicyclic) bond motifs is 1. The van der Waals surface area contributed by atoms with Crippen LogP contribution in [0.25, 0.3) is 0 Å². The maximum atomic E-state index is 13.2. The van der Waals surface area contributed by atoms with E-state index in [9.17, 15) is 24.3 Å². The predicted octanol–water partition coefficient (Wildman–Crippen LogP) is 2.01. The Bertz CT molecular complexity index is 943. The number of aliphatic carboxylic acids is 1. The van der Waals surface area contributed by atoms with Crippen molar-refractivity contribution in [1.82, 2.24) is 9.80 Å². The molecule has 2 heterocycles. The number of amides is 3. The van der Waals surface area contributed by atoms with E-state index in [2.05, 4.69) is 0 Å². The quantitative estimate of drug-likeness (QED) is 0.795. The first-order valence-electron chi connectivity index (χ1n) is 8.65. The summed E-state index contributed by atoms with van der Waals surface area (Å²) in [6.07, 6.45) is 0. The van der Waals surface area contributed by atoms with Crippen molar-refractivity contribution in [2.45, 2.75) is 11.4 Å². The lowest BCUT2D eigenvalue weighted by molar-refractivity contribution is -0.146. The molecule has 0 aromatic heterocycles. The minimum Gasteiger partial charge on any atom is -0.480 e. The number of imide groups is 1. The average Bonchev–Trinajstić information content (AvgIpc) is 2.95. The highest BCUT2D eigenvalue weighted by Crippen LogP contribution is 2.39. The molecule has 2 aromatic carbocycles. The van der Waals surface area contributed by atoms with E-state index in [1.165, 1.54) is 16.7 Å². The van der Waals surface area contributed by atoms with Crippen molar-refractivity contribution < 1.29 is 24.3 Å². The van der Waals surface area contributed by atoms with E-state index in [-0.39, 0.29) is 16.9 Å². The zero-order valence-electron chi connectivity index (χ0n) is 14.6. The molecule has 2 aliphatic heterocycles. The molecule has 142 valence electrons. The van der Waals surface area contributed by atoms with Crippen LogP contribution in [0.2, 0.25) is 0 Å². The summed E-state index contributed by atoms with van der Waals surface area (Å²) in [6.45, 7) is -0.509. The van der Waals surface area contributed by atoms with Gasteiger partial charge in [-0.25, -0.2) is 0 Å². The summed E-state index contributed by atoms with van der Waals surface area (Å²) in [6, 6.07) is 14.5. The Morgan fingerprint density at radius 3 is 2.11 bits per heavy atom. The highest BCUT2D eigenvalue weighted by atomic mass is 32.2. The summed E-state index contributed by atoms with van der Waals surface area (Å²) in [5, 5.41) is 8.81. The molecule has 0 unspecified atom stereocenters. The van der Waals surface area contributed by atoms with Gasteiger partial charge in [-0.15, -0.1) is 11.8 Å². The van der Waals surface area contributed by atoms with E-state index in [0.717, 1.165) is 10.5 Å². The Kier molecular flexibility index (Phi) is 4.64. The van der Waals surface area contributed by atoms with Gasteiger partial charge in [0, 0.05) is 5.75 Å². The lowest BCUT2D eigenvalue weighted by Gasteiger charge is -2.40. The van der Waals surface area contributed by atoms with Gasteiger partial charge in [-0.05, 0) is 17.7 Å². The van der Waals surface area contributed by atoms with Crippen LogP contribution in [0.15, 0.2) is 54.6 Å². The van der Waals surface area contributed by atoms with Gasteiger partial charge in [0.25, 0.3) is 11.8 Å². The fourth-order valence-electron chi connectivity index (χ4n) is 3.53. The highest BCUT2D eigenvalue weighted by Gasteiger charge is 2.47. The summed E-state index contributed by atoms with van der Waals surface area (Å²) >= 11 is 1.34. The number of hydrogen-bond donors (Lipinski definition) is 1. The van der Waals surface area contributed by atoms with Crippen molar-refractivity contribution in [3.05, 3.63) is 71.3 Å². The fourth-order valence-corrected chi connectivity index (χ4v) is 4.89. The predicted molar refractivity (Wildman–Crippen MR) is 102 cm³/mol. The van der Waals surface area contributed by atoms with Gasteiger partial charge in [-0.2, -0.15) is 0 Å². The van der Waals surface area contributed by atoms with Gasteiger partial charge in [0.1, 0.15) is 18.0 Å². The minimum atomic E-state index is -1.15. The molecular formula is C20H16N2O5S. The third-order valence-electron chi connectivity index (χ3n) is 4.79. The summed E-state index contributed by atoms with van der Waals surface area (Å²) in [7, 11) is 0. The molecular weight excluding hydrogens is 380 g/mol. The number of benzene rings is 2. The number of thioether (sulfide) groups is 1. The van der Waals surface area contributed by atoms with Gasteiger partial charge < -0.3 is 10.0 Å². The summed E-state index contributed by atoms with van der Waals surface area (Å²) in [5.74, 6) is -2.52. The number of hydrogen-bond acceptors (Lipinski definition) is 5. The number of carbonyl (C=O) groups excluding carboxylic acids is 3. The number of carbonyl (C=O) groups is 4. The fraction of sp³-hybridized carbons (Fsp3) is 0.200. The second kappa shape index (κ2) is 7.12. The Morgan fingerprint density at radius 2 is 1.54 bits per heavy atom. The molecule has 2 aliphatic rings. The lowest BCUT2D eigenvalue weighted by Crippen LogP contribution is -2.56. The molecule has 1 saturated heterocycles. The van der Waals surface area contributed by atoms with E-state index in [1.807, 2.05) is 30.3 Å². The van der Waals surface area contributed by atoms with Crippen molar-refractivity contribution in [3.63, 3.8) is 0 Å². The van der Waals surface area contributed by atoms with E-state index >= 15 is 0 Å². The topological polar surface area (TPSA) is 95.0 Å². The van der Waals surface area contributed by atoms with Crippen LogP contribution in [0.3, 0.4) is 0 Å². The number of nitrogens with zero attached hydrogens (tertiary/aromatic N) is 2. The summed E-state index contributed by atoms with van der Waals surface area (Å²) in [5.41, 5.74) is 1.32. The molecule has 2 atom stereocenters. The molecule has 0 bridgehead atoms. The van der Waals surface area contributed by atoms with Crippen LogP contribution < -0.4 is 0 Å². The average molecular weight is 396 g/mol. The summed E-state index contributed by atoms with van der Waals surface area (Å²) < 4.78 is 0. The van der Waals surface area contributed by atoms with Crippen molar-refractivity contribution >= 4 is 35.5 Å². The van der Waals surface area contributed by atoms with E-state index in [0.29, 0.717) is 0 Å². The molecule has 28 heavy (non-hydrogen) atoms. The van der Waals surface area contributed by atoms with Crippen LogP contribution in [0.1, 0.15) is 31.7 Å². The number of carboxylic acids is 1. The maximum Gasteiger partial charge on any atom is 0.323 e. The van der Waals surface area contributed by atoms with Crippen LogP contribution in [0.4, 0.5) is 0 Å². The van der Waals surface area contributed by atoms with Gasteiger partial charge >= 0.3 is 5.97 Å². The number of carboxylic acid groups (broad SMARTS) is 1. The molecule has 4 rings (SSSR count). The van der Waals surface area contributed by atoms with Crippen LogP contribution >= 0.6 is 11.8 Å². The zero-order chi connectivity index (χ0) is 19.8. The Morgan fingerprint density at radius 1 is 0.964 bits per heavy atom. The molecule has 0 spiro atoms. The molecule has 8 heteroatoms. The van der Waals surface area contributed by atoms with Gasteiger partial charge in [0.05, 0.1) is 11.1 Å². The molecule has 0 radical (unpaired) electrons. The van der Waals surface area contributed by atoms with Crippen LogP contribution in [0, 0.1) is 0 Å². The molecule has 3 amide bonds. The second-order valence-electron chi connectivity index (χ2n) is 6.50. The second-order valence-corrected chi connectivity index (χ2v) is 7.61. The molecule has 1 N–H and O–H groups in total. The molecule has 0 aliphatic carbocycles. The molecule has 7 nitrogen and oxygen atoms in total. The van der Waals surface area contributed by atoms with Gasteiger partial charge in [-0.1, -0.05) is 42.5 Å². The van der Waals surface area contributed by atoms with E-state index in [4.69, 9.17) is 0 Å². The first-order chi connectivity index (χ1) is 13.5. The largest absolute Gasteiger partial charge is 0.480 e. The van der Waals surface area contributed by atoms with Crippen LogP contribution in [-0.4, -0.2) is 56.9 Å². The molecule has 0 saturated carbocycles. The summed E-state index contributed by atoms with van der Waals surface area (Å²) in [4.78, 5) is 52.2. The Hall–Kier alpha value is -3.13.